The summed E-state index contributed by atoms with van der Waals surface area (Å²) >= 11 is 0. The molecule has 0 spiro atoms. The summed E-state index contributed by atoms with van der Waals surface area (Å²) in [7, 11) is 1.90. The highest BCUT2D eigenvalue weighted by atomic mass is 16.2. The van der Waals surface area contributed by atoms with Crippen molar-refractivity contribution < 1.29 is 14.4 Å². The van der Waals surface area contributed by atoms with E-state index in [-0.39, 0.29) is 30.6 Å². The summed E-state index contributed by atoms with van der Waals surface area (Å²) in [6.45, 7) is 0. The topological polar surface area (TPSA) is 105 Å². The number of para-hydroxylation sites is 1. The largest absolute Gasteiger partial charge is 0.340 e. The van der Waals surface area contributed by atoms with Crippen LogP contribution in [0.15, 0.2) is 48.8 Å². The Bertz CT molecular complexity index is 1090. The van der Waals surface area contributed by atoms with E-state index in [1.165, 1.54) is 0 Å². The van der Waals surface area contributed by atoms with E-state index in [4.69, 9.17) is 0 Å². The lowest BCUT2D eigenvalue weighted by Gasteiger charge is -2.14. The van der Waals surface area contributed by atoms with E-state index in [2.05, 4.69) is 20.9 Å². The van der Waals surface area contributed by atoms with Gasteiger partial charge >= 0.3 is 0 Å². The molecule has 2 aromatic carbocycles. The molecule has 4 rings (SSSR count). The van der Waals surface area contributed by atoms with Crippen LogP contribution < -0.4 is 16.0 Å². The van der Waals surface area contributed by atoms with E-state index in [0.29, 0.717) is 16.9 Å². The van der Waals surface area contributed by atoms with Crippen molar-refractivity contribution in [2.75, 3.05) is 10.6 Å². The minimum Gasteiger partial charge on any atom is -0.340 e. The number of carbonyl (C=O) groups is 3. The maximum absolute atomic E-state index is 12.4. The molecule has 1 aromatic heterocycles. The van der Waals surface area contributed by atoms with Crippen molar-refractivity contribution in [2.45, 2.75) is 18.9 Å². The molecule has 3 N–H and O–H groups in total. The number of nitrogens with zero attached hydrogens (tertiary/aromatic N) is 2. The standard InChI is InChI=1S/C20H19N5O3/c1-25-11-21-16-10-12(6-8-17(16)25)22-18(26)9-7-15-20(28)23-14-5-3-2-4-13(14)19(27)24-15/h2-6,8,10-11,15H,7,9H2,1H3,(H,22,26)(H,23,28)(H,24,27). The molecule has 8 heteroatoms. The SMILES string of the molecule is Cn1cnc2cc(NC(=O)CCC3NC(=O)c4ccccc4NC3=O)ccc21. The minimum absolute atomic E-state index is 0.0922. The first kappa shape index (κ1) is 17.7. The highest BCUT2D eigenvalue weighted by Gasteiger charge is 2.27. The van der Waals surface area contributed by atoms with Crippen molar-refractivity contribution in [2.24, 2.45) is 7.05 Å². The van der Waals surface area contributed by atoms with Crippen LogP contribution in [0.25, 0.3) is 11.0 Å². The highest BCUT2D eigenvalue weighted by molar-refractivity contribution is 6.10. The van der Waals surface area contributed by atoms with Gasteiger partial charge in [-0.1, -0.05) is 12.1 Å². The zero-order valence-electron chi connectivity index (χ0n) is 15.2. The van der Waals surface area contributed by atoms with Crippen LogP contribution in [-0.2, 0) is 16.6 Å². The Hall–Kier alpha value is -3.68. The molecule has 0 bridgehead atoms. The molecule has 2 heterocycles. The van der Waals surface area contributed by atoms with Gasteiger partial charge in [0.1, 0.15) is 6.04 Å². The van der Waals surface area contributed by atoms with Crippen LogP contribution in [0.3, 0.4) is 0 Å². The lowest BCUT2D eigenvalue weighted by Crippen LogP contribution is -2.41. The van der Waals surface area contributed by atoms with Crippen LogP contribution in [0.5, 0.6) is 0 Å². The molecule has 3 aromatic rings. The van der Waals surface area contributed by atoms with Gasteiger partial charge in [-0.05, 0) is 36.8 Å². The van der Waals surface area contributed by atoms with Crippen molar-refractivity contribution in [3.8, 4) is 0 Å². The zero-order valence-corrected chi connectivity index (χ0v) is 15.2. The normalized spacial score (nSPS) is 16.1. The second-order valence-corrected chi connectivity index (χ2v) is 6.71. The van der Waals surface area contributed by atoms with E-state index >= 15 is 0 Å². The van der Waals surface area contributed by atoms with Crippen molar-refractivity contribution in [3.63, 3.8) is 0 Å². The molecule has 0 aliphatic carbocycles. The van der Waals surface area contributed by atoms with E-state index in [9.17, 15) is 14.4 Å². The summed E-state index contributed by atoms with van der Waals surface area (Å²) in [5.74, 6) is -0.903. The molecular formula is C20H19N5O3. The number of fused-ring (bicyclic) bond motifs is 2. The molecule has 0 radical (unpaired) electrons. The number of benzene rings is 2. The summed E-state index contributed by atoms with van der Waals surface area (Å²) in [6, 6.07) is 11.5. The Balaban J connectivity index is 1.39. The summed E-state index contributed by atoms with van der Waals surface area (Å²) in [5, 5.41) is 8.23. The summed E-state index contributed by atoms with van der Waals surface area (Å²) in [4.78, 5) is 41.3. The number of carbonyl (C=O) groups excluding carboxylic acids is 3. The van der Waals surface area contributed by atoms with Gasteiger partial charge in [-0.2, -0.15) is 0 Å². The Labute approximate surface area is 160 Å². The molecule has 1 aliphatic rings. The molecule has 28 heavy (non-hydrogen) atoms. The van der Waals surface area contributed by atoms with Crippen molar-refractivity contribution in [3.05, 3.63) is 54.4 Å². The summed E-state index contributed by atoms with van der Waals surface area (Å²) < 4.78 is 1.90. The number of aryl methyl sites for hydroxylation is 1. The van der Waals surface area contributed by atoms with Gasteiger partial charge in [0.15, 0.2) is 0 Å². The lowest BCUT2D eigenvalue weighted by atomic mass is 10.1. The molecule has 0 saturated carbocycles. The van der Waals surface area contributed by atoms with Gasteiger partial charge < -0.3 is 20.5 Å². The van der Waals surface area contributed by atoms with E-state index in [0.717, 1.165) is 11.0 Å². The van der Waals surface area contributed by atoms with Crippen molar-refractivity contribution >= 4 is 40.1 Å². The predicted molar refractivity (Wildman–Crippen MR) is 105 cm³/mol. The average Bonchev–Trinajstić information content (AvgIpc) is 2.99. The lowest BCUT2D eigenvalue weighted by molar-refractivity contribution is -0.118. The Morgan fingerprint density at radius 1 is 1.21 bits per heavy atom. The zero-order chi connectivity index (χ0) is 19.7. The first-order valence-electron chi connectivity index (χ1n) is 8.93. The first-order chi connectivity index (χ1) is 13.5. The number of imidazole rings is 1. The second-order valence-electron chi connectivity index (χ2n) is 6.71. The van der Waals surface area contributed by atoms with E-state index in [1.807, 2.05) is 17.7 Å². The van der Waals surface area contributed by atoms with Gasteiger partial charge in [-0.3, -0.25) is 14.4 Å². The monoisotopic (exact) mass is 377 g/mol. The molecule has 1 atom stereocenters. The number of rotatable bonds is 4. The van der Waals surface area contributed by atoms with E-state index < -0.39 is 6.04 Å². The van der Waals surface area contributed by atoms with Gasteiger partial charge in [0.25, 0.3) is 5.91 Å². The third kappa shape index (κ3) is 3.44. The molecule has 1 aliphatic heterocycles. The smallest absolute Gasteiger partial charge is 0.254 e. The van der Waals surface area contributed by atoms with Gasteiger partial charge in [0.05, 0.1) is 28.6 Å². The van der Waals surface area contributed by atoms with Crippen LogP contribution in [0, 0.1) is 0 Å². The van der Waals surface area contributed by atoms with Gasteiger partial charge in [-0.25, -0.2) is 4.98 Å². The average molecular weight is 377 g/mol. The molecule has 0 fully saturated rings. The maximum Gasteiger partial charge on any atom is 0.254 e. The fourth-order valence-electron chi connectivity index (χ4n) is 3.23. The number of nitrogens with one attached hydrogen (secondary N) is 3. The second kappa shape index (κ2) is 7.15. The molecule has 8 nitrogen and oxygen atoms in total. The van der Waals surface area contributed by atoms with Crippen LogP contribution in [-0.4, -0.2) is 33.3 Å². The van der Waals surface area contributed by atoms with Gasteiger partial charge in [0, 0.05) is 19.2 Å². The minimum atomic E-state index is -0.774. The predicted octanol–water partition coefficient (Wildman–Crippen LogP) is 2.04. The number of hydrogen-bond acceptors (Lipinski definition) is 4. The van der Waals surface area contributed by atoms with Crippen LogP contribution in [0.1, 0.15) is 23.2 Å². The van der Waals surface area contributed by atoms with Crippen LogP contribution in [0.4, 0.5) is 11.4 Å². The Kier molecular flexibility index (Phi) is 4.52. The molecule has 1 unspecified atom stereocenters. The van der Waals surface area contributed by atoms with Crippen molar-refractivity contribution in [1.82, 2.24) is 14.9 Å². The van der Waals surface area contributed by atoms with E-state index in [1.54, 1.807) is 42.7 Å². The first-order valence-corrected chi connectivity index (χ1v) is 8.93. The number of amides is 3. The van der Waals surface area contributed by atoms with Gasteiger partial charge in [-0.15, -0.1) is 0 Å². The highest BCUT2D eigenvalue weighted by Crippen LogP contribution is 2.20. The number of hydrogen-bond donors (Lipinski definition) is 3. The number of aromatic nitrogens is 2. The molecule has 142 valence electrons. The van der Waals surface area contributed by atoms with Gasteiger partial charge in [0.2, 0.25) is 11.8 Å². The third-order valence-corrected chi connectivity index (χ3v) is 4.72. The fraction of sp³-hybridized carbons (Fsp3) is 0.200. The third-order valence-electron chi connectivity index (χ3n) is 4.72. The van der Waals surface area contributed by atoms with Crippen LogP contribution >= 0.6 is 0 Å². The fourth-order valence-corrected chi connectivity index (χ4v) is 3.23. The molecule has 0 saturated heterocycles. The summed E-state index contributed by atoms with van der Waals surface area (Å²) in [6.07, 6.45) is 2.00. The quantitative estimate of drug-likeness (QED) is 0.647. The molecular weight excluding hydrogens is 358 g/mol. The number of anilines is 2. The summed E-state index contributed by atoms with van der Waals surface area (Å²) in [5.41, 5.74) is 3.27. The Morgan fingerprint density at radius 2 is 2.04 bits per heavy atom. The van der Waals surface area contributed by atoms with Crippen LogP contribution in [0.2, 0.25) is 0 Å². The Morgan fingerprint density at radius 3 is 2.89 bits per heavy atom. The molecule has 3 amide bonds. The van der Waals surface area contributed by atoms with Crippen molar-refractivity contribution in [1.29, 1.82) is 0 Å². The maximum atomic E-state index is 12.4.